The number of carbonyl (C=O) groups is 1. The van der Waals surface area contributed by atoms with Crippen molar-refractivity contribution < 1.29 is 27.4 Å². The van der Waals surface area contributed by atoms with E-state index < -0.39 is 30.8 Å². The summed E-state index contributed by atoms with van der Waals surface area (Å²) in [6.07, 6.45) is -3.85. The molecule has 0 radical (unpaired) electrons. The molecule has 1 aliphatic rings. The number of ether oxygens (including phenoxy) is 2. The zero-order chi connectivity index (χ0) is 17.0. The average molecular weight is 334 g/mol. The predicted molar refractivity (Wildman–Crippen MR) is 73.3 cm³/mol. The van der Waals surface area contributed by atoms with E-state index in [0.717, 1.165) is 0 Å². The lowest BCUT2D eigenvalue weighted by atomic mass is 10.1. The molecule has 1 aliphatic heterocycles. The van der Waals surface area contributed by atoms with Crippen molar-refractivity contribution in [2.24, 2.45) is 0 Å². The third-order valence-corrected chi connectivity index (χ3v) is 3.20. The van der Waals surface area contributed by atoms with Crippen LogP contribution >= 0.6 is 0 Å². The van der Waals surface area contributed by atoms with Crippen LogP contribution in [0.2, 0.25) is 0 Å². The van der Waals surface area contributed by atoms with Gasteiger partial charge in [-0.3, -0.25) is 0 Å². The molecule has 2 heterocycles. The van der Waals surface area contributed by atoms with Crippen molar-refractivity contribution in [1.82, 2.24) is 15.3 Å². The standard InChI is InChI=1S/C13H17F3N4O3/c1-7(3-13(14,15)16)20-12(21)23-9-2-10(22-6-9)8-4-18-11(17)19-5-8/h4-5,7,9-10H,2-3,6H2,1H3,(H,20,21)(H2,17,18,19)/t7-,9+,10-/m0/s1. The molecular formula is C13H17F3N4O3. The number of nitrogens with one attached hydrogen (secondary N) is 1. The molecule has 2 rings (SSSR count). The third-order valence-electron chi connectivity index (χ3n) is 3.20. The fraction of sp³-hybridized carbons (Fsp3) is 0.615. The highest BCUT2D eigenvalue weighted by molar-refractivity contribution is 5.67. The minimum atomic E-state index is -4.34. The first kappa shape index (κ1) is 17.3. The summed E-state index contributed by atoms with van der Waals surface area (Å²) in [5, 5.41) is 2.15. The maximum absolute atomic E-state index is 12.2. The second-order valence-corrected chi connectivity index (χ2v) is 5.32. The molecular weight excluding hydrogens is 317 g/mol. The number of hydrogen-bond acceptors (Lipinski definition) is 6. The smallest absolute Gasteiger partial charge is 0.407 e. The molecule has 0 saturated carbocycles. The van der Waals surface area contributed by atoms with Crippen molar-refractivity contribution >= 4 is 12.0 Å². The minimum Gasteiger partial charge on any atom is -0.444 e. The van der Waals surface area contributed by atoms with Crippen LogP contribution < -0.4 is 11.1 Å². The van der Waals surface area contributed by atoms with Crippen molar-refractivity contribution in [2.75, 3.05) is 12.3 Å². The van der Waals surface area contributed by atoms with Crippen molar-refractivity contribution in [2.45, 2.75) is 44.2 Å². The van der Waals surface area contributed by atoms with Gasteiger partial charge in [0, 0.05) is 30.4 Å². The third kappa shape index (κ3) is 5.55. The van der Waals surface area contributed by atoms with Gasteiger partial charge in [0.25, 0.3) is 0 Å². The Balaban J connectivity index is 1.78. The predicted octanol–water partition coefficient (Wildman–Crippen LogP) is 1.96. The summed E-state index contributed by atoms with van der Waals surface area (Å²) in [5.41, 5.74) is 6.08. The average Bonchev–Trinajstić information content (AvgIpc) is 2.85. The number of aromatic nitrogens is 2. The molecule has 0 bridgehead atoms. The Morgan fingerprint density at radius 1 is 1.52 bits per heavy atom. The van der Waals surface area contributed by atoms with Crippen molar-refractivity contribution in [3.63, 3.8) is 0 Å². The van der Waals surface area contributed by atoms with Crippen LogP contribution in [0.5, 0.6) is 0 Å². The van der Waals surface area contributed by atoms with Gasteiger partial charge in [-0.1, -0.05) is 0 Å². The lowest BCUT2D eigenvalue weighted by molar-refractivity contribution is -0.138. The van der Waals surface area contributed by atoms with Crippen LogP contribution in [-0.4, -0.2) is 41.0 Å². The maximum Gasteiger partial charge on any atom is 0.407 e. The zero-order valence-corrected chi connectivity index (χ0v) is 12.3. The summed E-state index contributed by atoms with van der Waals surface area (Å²) in [7, 11) is 0. The molecule has 0 spiro atoms. The van der Waals surface area contributed by atoms with Gasteiger partial charge >= 0.3 is 12.3 Å². The summed E-state index contributed by atoms with van der Waals surface area (Å²) >= 11 is 0. The van der Waals surface area contributed by atoms with Crippen molar-refractivity contribution in [1.29, 1.82) is 0 Å². The Kier molecular flexibility index (Phi) is 5.24. The number of halogens is 3. The van der Waals surface area contributed by atoms with E-state index in [1.807, 2.05) is 0 Å². The van der Waals surface area contributed by atoms with E-state index in [0.29, 0.717) is 12.0 Å². The van der Waals surface area contributed by atoms with Gasteiger partial charge in [0.15, 0.2) is 0 Å². The summed E-state index contributed by atoms with van der Waals surface area (Å²) < 4.78 is 47.1. The molecule has 3 atom stereocenters. The van der Waals surface area contributed by atoms with Crippen LogP contribution in [0.3, 0.4) is 0 Å². The second-order valence-electron chi connectivity index (χ2n) is 5.32. The Labute approximate surface area is 130 Å². The van der Waals surface area contributed by atoms with Gasteiger partial charge in [-0.15, -0.1) is 0 Å². The minimum absolute atomic E-state index is 0.137. The normalized spacial score (nSPS) is 22.6. The van der Waals surface area contributed by atoms with Crippen LogP contribution in [0.25, 0.3) is 0 Å². The molecule has 23 heavy (non-hydrogen) atoms. The number of rotatable bonds is 4. The van der Waals surface area contributed by atoms with Gasteiger partial charge in [-0.05, 0) is 6.92 Å². The molecule has 0 unspecified atom stereocenters. The molecule has 1 saturated heterocycles. The number of amides is 1. The van der Waals surface area contributed by atoms with Crippen LogP contribution in [0, 0.1) is 0 Å². The highest BCUT2D eigenvalue weighted by Crippen LogP contribution is 2.29. The van der Waals surface area contributed by atoms with Crippen LogP contribution in [-0.2, 0) is 9.47 Å². The molecule has 1 fully saturated rings. The van der Waals surface area contributed by atoms with Gasteiger partial charge in [0.1, 0.15) is 6.10 Å². The number of hydrogen-bond donors (Lipinski definition) is 2. The van der Waals surface area contributed by atoms with E-state index in [9.17, 15) is 18.0 Å². The van der Waals surface area contributed by atoms with Gasteiger partial charge in [-0.2, -0.15) is 13.2 Å². The molecule has 7 nitrogen and oxygen atoms in total. The Hall–Kier alpha value is -2.10. The molecule has 10 heteroatoms. The second kappa shape index (κ2) is 6.99. The number of alkyl carbamates (subject to hydrolysis) is 1. The first-order valence-electron chi connectivity index (χ1n) is 6.96. The van der Waals surface area contributed by atoms with Crippen LogP contribution in [0.4, 0.5) is 23.9 Å². The van der Waals surface area contributed by atoms with Gasteiger partial charge in [-0.25, -0.2) is 14.8 Å². The van der Waals surface area contributed by atoms with Gasteiger partial charge in [0.2, 0.25) is 5.95 Å². The molecule has 0 aliphatic carbocycles. The van der Waals surface area contributed by atoms with E-state index in [-0.39, 0.29) is 18.7 Å². The monoisotopic (exact) mass is 334 g/mol. The lowest BCUT2D eigenvalue weighted by Gasteiger charge is -2.17. The van der Waals surface area contributed by atoms with Crippen LogP contribution in [0.15, 0.2) is 12.4 Å². The molecule has 1 aromatic rings. The highest BCUT2D eigenvalue weighted by Gasteiger charge is 2.33. The number of anilines is 1. The largest absolute Gasteiger partial charge is 0.444 e. The lowest BCUT2D eigenvalue weighted by Crippen LogP contribution is -2.38. The molecule has 3 N–H and O–H groups in total. The quantitative estimate of drug-likeness (QED) is 0.873. The maximum atomic E-state index is 12.2. The van der Waals surface area contributed by atoms with E-state index in [4.69, 9.17) is 15.2 Å². The Morgan fingerprint density at radius 3 is 2.78 bits per heavy atom. The van der Waals surface area contributed by atoms with Crippen LogP contribution in [0.1, 0.15) is 31.4 Å². The number of alkyl halides is 3. The van der Waals surface area contributed by atoms with E-state index in [1.54, 1.807) is 0 Å². The van der Waals surface area contributed by atoms with Crippen molar-refractivity contribution in [3.8, 4) is 0 Å². The topological polar surface area (TPSA) is 99.4 Å². The molecule has 128 valence electrons. The summed E-state index contributed by atoms with van der Waals surface area (Å²) in [6, 6.07) is -1.06. The molecule has 1 aromatic heterocycles. The van der Waals surface area contributed by atoms with Gasteiger partial charge in [0.05, 0.1) is 19.1 Å². The fourth-order valence-corrected chi connectivity index (χ4v) is 2.21. The highest BCUT2D eigenvalue weighted by atomic mass is 19.4. The van der Waals surface area contributed by atoms with E-state index in [2.05, 4.69) is 15.3 Å². The number of nitrogen functional groups attached to an aromatic ring is 1. The molecule has 1 amide bonds. The number of nitrogens with zero attached hydrogens (tertiary/aromatic N) is 2. The Morgan fingerprint density at radius 2 is 2.17 bits per heavy atom. The summed E-state index contributed by atoms with van der Waals surface area (Å²) in [5.74, 6) is 0.137. The Bertz CT molecular complexity index is 538. The first-order chi connectivity index (χ1) is 10.7. The summed E-state index contributed by atoms with van der Waals surface area (Å²) in [6.45, 7) is 1.41. The zero-order valence-electron chi connectivity index (χ0n) is 12.3. The number of carbonyl (C=O) groups excluding carboxylic acids is 1. The fourth-order valence-electron chi connectivity index (χ4n) is 2.21. The number of nitrogens with two attached hydrogens (primary N) is 1. The molecule has 0 aromatic carbocycles. The first-order valence-corrected chi connectivity index (χ1v) is 6.96. The van der Waals surface area contributed by atoms with Gasteiger partial charge < -0.3 is 20.5 Å². The van der Waals surface area contributed by atoms with E-state index in [1.165, 1.54) is 19.3 Å². The van der Waals surface area contributed by atoms with Crippen molar-refractivity contribution in [3.05, 3.63) is 18.0 Å². The SMILES string of the molecule is C[C@@H](CC(F)(F)F)NC(=O)O[C@H]1CO[C@H](c2cnc(N)nc2)C1. The van der Waals surface area contributed by atoms with E-state index >= 15 is 0 Å². The summed E-state index contributed by atoms with van der Waals surface area (Å²) in [4.78, 5) is 19.3.